The summed E-state index contributed by atoms with van der Waals surface area (Å²) in [5.74, 6) is 0. The predicted octanol–water partition coefficient (Wildman–Crippen LogP) is 3.05. The third-order valence-corrected chi connectivity index (χ3v) is 4.54. The number of nitrogens with one attached hydrogen (secondary N) is 1. The summed E-state index contributed by atoms with van der Waals surface area (Å²) < 4.78 is 5.48. The number of rotatable bonds is 3. The molecule has 1 saturated heterocycles. The molecule has 1 N–H and O–H groups in total. The van der Waals surface area contributed by atoms with E-state index >= 15 is 0 Å². The molecule has 1 aromatic carbocycles. The lowest BCUT2D eigenvalue weighted by molar-refractivity contribution is 0.0536. The maximum atomic E-state index is 5.48. The summed E-state index contributed by atoms with van der Waals surface area (Å²) in [6, 6.07) is 6.47. The Labute approximate surface area is 138 Å². The quantitative estimate of drug-likeness (QED) is 0.928. The van der Waals surface area contributed by atoms with Gasteiger partial charge in [0.05, 0.1) is 24.6 Å². The minimum atomic E-state index is 0.779. The number of hydrogen-bond donors (Lipinski definition) is 1. The van der Waals surface area contributed by atoms with E-state index in [0.29, 0.717) is 0 Å². The van der Waals surface area contributed by atoms with E-state index in [1.807, 2.05) is 7.05 Å². The van der Waals surface area contributed by atoms with Crippen LogP contribution in [0.5, 0.6) is 0 Å². The highest BCUT2D eigenvalue weighted by Gasteiger charge is 2.22. The van der Waals surface area contributed by atoms with E-state index in [1.165, 1.54) is 22.4 Å². The summed E-state index contributed by atoms with van der Waals surface area (Å²) in [5, 5.41) is 3.22. The van der Waals surface area contributed by atoms with E-state index in [1.54, 1.807) is 0 Å². The van der Waals surface area contributed by atoms with Crippen molar-refractivity contribution in [2.24, 2.45) is 0 Å². The Balaban J connectivity index is 1.99. The van der Waals surface area contributed by atoms with Crippen LogP contribution in [0.15, 0.2) is 48.4 Å². The van der Waals surface area contributed by atoms with Crippen LogP contribution >= 0.6 is 0 Å². The number of nitrogens with zero attached hydrogens (tertiary/aromatic N) is 2. The molecule has 0 atom stereocenters. The van der Waals surface area contributed by atoms with E-state index in [4.69, 9.17) is 4.74 Å². The molecule has 2 heterocycles. The first-order chi connectivity index (χ1) is 11.1. The van der Waals surface area contributed by atoms with Crippen LogP contribution < -0.4 is 5.32 Å². The van der Waals surface area contributed by atoms with Crippen molar-refractivity contribution in [3.63, 3.8) is 0 Å². The SMILES string of the molecule is C=C1C(N2CCOCC2)=CC(c2cc(NC)ccc2C)=CN1C. The maximum Gasteiger partial charge on any atom is 0.0642 e. The smallest absolute Gasteiger partial charge is 0.0642 e. The summed E-state index contributed by atoms with van der Waals surface area (Å²) >= 11 is 0. The molecule has 0 spiro atoms. The zero-order chi connectivity index (χ0) is 16.4. The van der Waals surface area contributed by atoms with Gasteiger partial charge in [-0.05, 0) is 36.3 Å². The lowest BCUT2D eigenvalue weighted by atomic mass is 9.97. The molecule has 2 aliphatic rings. The van der Waals surface area contributed by atoms with Crippen molar-refractivity contribution in [1.82, 2.24) is 9.80 Å². The fraction of sp³-hybridized carbons (Fsp3) is 0.368. The molecule has 0 amide bonds. The van der Waals surface area contributed by atoms with Gasteiger partial charge in [0.2, 0.25) is 0 Å². The second kappa shape index (κ2) is 6.50. The average Bonchev–Trinajstić information content (AvgIpc) is 2.58. The lowest BCUT2D eigenvalue weighted by Crippen LogP contribution is -2.38. The first kappa shape index (κ1) is 15.7. The van der Waals surface area contributed by atoms with Gasteiger partial charge in [-0.2, -0.15) is 0 Å². The highest BCUT2D eigenvalue weighted by Crippen LogP contribution is 2.32. The first-order valence-corrected chi connectivity index (χ1v) is 8.07. The Morgan fingerprint density at radius 1 is 1.22 bits per heavy atom. The highest BCUT2D eigenvalue weighted by atomic mass is 16.5. The van der Waals surface area contributed by atoms with Crippen molar-refractivity contribution >= 4 is 11.3 Å². The first-order valence-electron chi connectivity index (χ1n) is 8.07. The number of hydrogen-bond acceptors (Lipinski definition) is 4. The second-order valence-corrected chi connectivity index (χ2v) is 6.05. The molecule has 0 aromatic heterocycles. The van der Waals surface area contributed by atoms with Gasteiger partial charge in [0.25, 0.3) is 0 Å². The molecule has 0 bridgehead atoms. The molecule has 1 aromatic rings. The topological polar surface area (TPSA) is 27.7 Å². The number of ether oxygens (including phenoxy) is 1. The second-order valence-electron chi connectivity index (χ2n) is 6.05. The largest absolute Gasteiger partial charge is 0.388 e. The molecule has 122 valence electrons. The van der Waals surface area contributed by atoms with Crippen LogP contribution in [0.3, 0.4) is 0 Å². The van der Waals surface area contributed by atoms with Crippen LogP contribution in [0.4, 0.5) is 5.69 Å². The maximum absolute atomic E-state index is 5.48. The third-order valence-electron chi connectivity index (χ3n) is 4.54. The molecular weight excluding hydrogens is 286 g/mol. The number of aryl methyl sites for hydroxylation is 1. The van der Waals surface area contributed by atoms with E-state index < -0.39 is 0 Å². The van der Waals surface area contributed by atoms with E-state index in [0.717, 1.165) is 37.7 Å². The number of allylic oxidation sites excluding steroid dienone is 2. The van der Waals surface area contributed by atoms with Gasteiger partial charge in [-0.1, -0.05) is 12.6 Å². The van der Waals surface area contributed by atoms with Gasteiger partial charge >= 0.3 is 0 Å². The lowest BCUT2D eigenvalue weighted by Gasteiger charge is -2.36. The van der Waals surface area contributed by atoms with E-state index in [2.05, 4.69) is 66.1 Å². The van der Waals surface area contributed by atoms with Gasteiger partial charge in [-0.15, -0.1) is 0 Å². The van der Waals surface area contributed by atoms with Crippen molar-refractivity contribution < 1.29 is 4.74 Å². The average molecular weight is 311 g/mol. The van der Waals surface area contributed by atoms with Gasteiger partial charge in [0.1, 0.15) is 0 Å². The molecule has 2 aliphatic heterocycles. The summed E-state index contributed by atoms with van der Waals surface area (Å²) in [5.41, 5.74) is 7.10. The van der Waals surface area contributed by atoms with E-state index in [-0.39, 0.29) is 0 Å². The monoisotopic (exact) mass is 311 g/mol. The number of benzene rings is 1. The molecule has 23 heavy (non-hydrogen) atoms. The standard InChI is InChI=1S/C19H25N3O/c1-14-5-6-17(20-3)12-18(14)16-11-19(15(2)21(4)13-16)22-7-9-23-10-8-22/h5-6,11-13,20H,2,7-10H2,1,3-4H3. The van der Waals surface area contributed by atoms with Gasteiger partial charge in [-0.25, -0.2) is 0 Å². The number of likely N-dealkylation sites (N-methyl/N-ethyl adjacent to an activating group) is 1. The molecule has 4 nitrogen and oxygen atoms in total. The minimum Gasteiger partial charge on any atom is -0.388 e. The molecule has 0 unspecified atom stereocenters. The zero-order valence-corrected chi connectivity index (χ0v) is 14.2. The summed E-state index contributed by atoms with van der Waals surface area (Å²) in [6.07, 6.45) is 4.42. The molecule has 0 saturated carbocycles. The Bertz CT molecular complexity index is 669. The van der Waals surface area contributed by atoms with Crippen LogP contribution in [0.2, 0.25) is 0 Å². The number of morpholine rings is 1. The van der Waals surface area contributed by atoms with Crippen LogP contribution in [0, 0.1) is 6.92 Å². The normalized spacial score (nSPS) is 18.7. The van der Waals surface area contributed by atoms with Crippen molar-refractivity contribution in [2.75, 3.05) is 45.7 Å². The molecule has 0 aliphatic carbocycles. The molecular formula is C19H25N3O. The summed E-state index contributed by atoms with van der Waals surface area (Å²) in [7, 11) is 4.01. The summed E-state index contributed by atoms with van der Waals surface area (Å²) in [4.78, 5) is 4.48. The van der Waals surface area contributed by atoms with Crippen molar-refractivity contribution in [2.45, 2.75) is 6.92 Å². The van der Waals surface area contributed by atoms with Crippen molar-refractivity contribution in [3.05, 3.63) is 59.6 Å². The molecule has 0 radical (unpaired) electrons. The highest BCUT2D eigenvalue weighted by molar-refractivity contribution is 5.80. The van der Waals surface area contributed by atoms with Crippen LogP contribution in [-0.2, 0) is 4.74 Å². The Hall–Kier alpha value is -2.20. The third kappa shape index (κ3) is 3.13. The Morgan fingerprint density at radius 2 is 1.96 bits per heavy atom. The van der Waals surface area contributed by atoms with Crippen LogP contribution in [0.1, 0.15) is 11.1 Å². The Kier molecular flexibility index (Phi) is 4.44. The van der Waals surface area contributed by atoms with Crippen molar-refractivity contribution in [3.8, 4) is 0 Å². The number of anilines is 1. The Morgan fingerprint density at radius 3 is 2.65 bits per heavy atom. The summed E-state index contributed by atoms with van der Waals surface area (Å²) in [6.45, 7) is 9.80. The minimum absolute atomic E-state index is 0.779. The zero-order valence-electron chi connectivity index (χ0n) is 14.2. The van der Waals surface area contributed by atoms with Gasteiger partial charge in [0.15, 0.2) is 0 Å². The van der Waals surface area contributed by atoms with Crippen molar-refractivity contribution in [1.29, 1.82) is 0 Å². The van der Waals surface area contributed by atoms with Crippen LogP contribution in [-0.4, -0.2) is 50.2 Å². The van der Waals surface area contributed by atoms with Crippen LogP contribution in [0.25, 0.3) is 5.57 Å². The van der Waals surface area contributed by atoms with Gasteiger partial charge < -0.3 is 19.9 Å². The molecule has 1 fully saturated rings. The van der Waals surface area contributed by atoms with Gasteiger partial charge in [0, 0.05) is 44.6 Å². The molecule has 3 rings (SSSR count). The van der Waals surface area contributed by atoms with Gasteiger partial charge in [-0.3, -0.25) is 0 Å². The molecule has 4 heteroatoms. The fourth-order valence-electron chi connectivity index (χ4n) is 3.05. The van der Waals surface area contributed by atoms with E-state index in [9.17, 15) is 0 Å². The fourth-order valence-corrected chi connectivity index (χ4v) is 3.05. The predicted molar refractivity (Wildman–Crippen MR) is 96.1 cm³/mol.